The van der Waals surface area contributed by atoms with Crippen molar-refractivity contribution >= 4 is 21.8 Å². The van der Waals surface area contributed by atoms with Crippen molar-refractivity contribution in [3.8, 4) is 5.75 Å². The number of benzene rings is 1. The standard InChI is InChI=1S/C12H17BrN2O2/c1-14-12(16)8-15(2)7-9-4-5-11(17-3)10(13)6-9/h4-6H,7-8H2,1-3H3,(H,14,16). The number of nitrogens with zero attached hydrogens (tertiary/aromatic N) is 1. The zero-order valence-electron chi connectivity index (χ0n) is 10.3. The SMILES string of the molecule is CNC(=O)CN(C)Cc1ccc(OC)c(Br)c1. The molecule has 0 heterocycles. The molecule has 4 nitrogen and oxygen atoms in total. The van der Waals surface area contributed by atoms with E-state index in [1.54, 1.807) is 14.2 Å². The van der Waals surface area contributed by atoms with E-state index in [9.17, 15) is 4.79 Å². The number of amides is 1. The molecule has 0 aliphatic heterocycles. The van der Waals surface area contributed by atoms with E-state index in [0.717, 1.165) is 22.3 Å². The lowest BCUT2D eigenvalue weighted by atomic mass is 10.2. The van der Waals surface area contributed by atoms with Crippen LogP contribution in [0.25, 0.3) is 0 Å². The first kappa shape index (κ1) is 14.0. The number of rotatable bonds is 5. The summed E-state index contributed by atoms with van der Waals surface area (Å²) in [6.07, 6.45) is 0. The zero-order valence-corrected chi connectivity index (χ0v) is 11.9. The highest BCUT2D eigenvalue weighted by atomic mass is 79.9. The number of carbonyl (C=O) groups is 1. The van der Waals surface area contributed by atoms with Crippen LogP contribution in [0.15, 0.2) is 22.7 Å². The molecule has 0 aliphatic rings. The molecule has 1 amide bonds. The number of methoxy groups -OCH3 is 1. The van der Waals surface area contributed by atoms with Crippen molar-refractivity contribution in [1.82, 2.24) is 10.2 Å². The molecule has 1 aromatic carbocycles. The van der Waals surface area contributed by atoms with Gasteiger partial charge in [-0.05, 0) is 40.7 Å². The molecule has 1 N–H and O–H groups in total. The lowest BCUT2D eigenvalue weighted by molar-refractivity contribution is -0.121. The van der Waals surface area contributed by atoms with Crippen LogP contribution in [0.2, 0.25) is 0 Å². The molecule has 0 atom stereocenters. The average Bonchev–Trinajstić information content (AvgIpc) is 2.29. The third-order valence-corrected chi connectivity index (χ3v) is 2.98. The van der Waals surface area contributed by atoms with Crippen molar-refractivity contribution in [2.24, 2.45) is 0 Å². The summed E-state index contributed by atoms with van der Waals surface area (Å²) in [5, 5.41) is 2.60. The van der Waals surface area contributed by atoms with E-state index in [2.05, 4.69) is 21.2 Å². The van der Waals surface area contributed by atoms with Gasteiger partial charge in [0, 0.05) is 13.6 Å². The Balaban J connectivity index is 2.62. The molecule has 0 aliphatic carbocycles. The summed E-state index contributed by atoms with van der Waals surface area (Å²) >= 11 is 3.44. The van der Waals surface area contributed by atoms with Crippen molar-refractivity contribution in [2.45, 2.75) is 6.54 Å². The molecule has 0 spiro atoms. The normalized spacial score (nSPS) is 10.4. The molecule has 1 rings (SSSR count). The number of nitrogens with one attached hydrogen (secondary N) is 1. The second-order valence-electron chi connectivity index (χ2n) is 3.81. The van der Waals surface area contributed by atoms with E-state index in [4.69, 9.17) is 4.74 Å². The predicted octanol–water partition coefficient (Wildman–Crippen LogP) is 1.64. The van der Waals surface area contributed by atoms with Gasteiger partial charge in [0.05, 0.1) is 18.1 Å². The van der Waals surface area contributed by atoms with Gasteiger partial charge in [0.15, 0.2) is 0 Å². The highest BCUT2D eigenvalue weighted by Gasteiger charge is 2.07. The van der Waals surface area contributed by atoms with E-state index in [1.165, 1.54) is 0 Å². The molecule has 5 heteroatoms. The predicted molar refractivity (Wildman–Crippen MR) is 71.1 cm³/mol. The molecule has 17 heavy (non-hydrogen) atoms. The van der Waals surface area contributed by atoms with Crippen LogP contribution >= 0.6 is 15.9 Å². The molecule has 0 saturated heterocycles. The number of hydrogen-bond acceptors (Lipinski definition) is 3. The fourth-order valence-electron chi connectivity index (χ4n) is 1.50. The van der Waals surface area contributed by atoms with Gasteiger partial charge in [0.25, 0.3) is 0 Å². The van der Waals surface area contributed by atoms with Crippen LogP contribution in [0.3, 0.4) is 0 Å². The molecule has 0 aromatic heterocycles. The van der Waals surface area contributed by atoms with Crippen molar-refractivity contribution < 1.29 is 9.53 Å². The Kier molecular flexibility index (Phi) is 5.44. The lowest BCUT2D eigenvalue weighted by Gasteiger charge is -2.16. The summed E-state index contributed by atoms with van der Waals surface area (Å²) in [4.78, 5) is 13.1. The van der Waals surface area contributed by atoms with E-state index in [1.807, 2.05) is 30.1 Å². The highest BCUT2D eigenvalue weighted by molar-refractivity contribution is 9.10. The largest absolute Gasteiger partial charge is 0.496 e. The molecule has 0 saturated carbocycles. The monoisotopic (exact) mass is 300 g/mol. The summed E-state index contributed by atoms with van der Waals surface area (Å²) in [7, 11) is 5.19. The first-order valence-corrected chi connectivity index (χ1v) is 6.07. The highest BCUT2D eigenvalue weighted by Crippen LogP contribution is 2.25. The minimum atomic E-state index is 0.0140. The quantitative estimate of drug-likeness (QED) is 0.899. The third kappa shape index (κ3) is 4.36. The Morgan fingerprint density at radius 1 is 1.53 bits per heavy atom. The summed E-state index contributed by atoms with van der Waals surface area (Å²) in [6.45, 7) is 1.11. The maximum absolute atomic E-state index is 11.2. The first-order valence-electron chi connectivity index (χ1n) is 5.28. The Hall–Kier alpha value is -1.07. The van der Waals surface area contributed by atoms with Gasteiger partial charge in [-0.15, -0.1) is 0 Å². The topological polar surface area (TPSA) is 41.6 Å². The van der Waals surface area contributed by atoms with Gasteiger partial charge in [-0.3, -0.25) is 9.69 Å². The van der Waals surface area contributed by atoms with E-state index >= 15 is 0 Å². The van der Waals surface area contributed by atoms with Gasteiger partial charge in [-0.25, -0.2) is 0 Å². The minimum absolute atomic E-state index is 0.0140. The van der Waals surface area contributed by atoms with Crippen molar-refractivity contribution in [3.63, 3.8) is 0 Å². The van der Waals surface area contributed by atoms with Crippen molar-refractivity contribution in [3.05, 3.63) is 28.2 Å². The van der Waals surface area contributed by atoms with E-state index < -0.39 is 0 Å². The maximum Gasteiger partial charge on any atom is 0.233 e. The number of ether oxygens (including phenoxy) is 1. The first-order chi connectivity index (χ1) is 8.06. The van der Waals surface area contributed by atoms with Gasteiger partial charge in [0.2, 0.25) is 5.91 Å². The smallest absolute Gasteiger partial charge is 0.233 e. The molecular formula is C12H17BrN2O2. The molecule has 0 bridgehead atoms. The van der Waals surface area contributed by atoms with Gasteiger partial charge in [0.1, 0.15) is 5.75 Å². The molecule has 1 aromatic rings. The molecule has 94 valence electrons. The summed E-state index contributed by atoms with van der Waals surface area (Å²) in [5.41, 5.74) is 1.13. The van der Waals surface area contributed by atoms with Crippen LogP contribution in [-0.4, -0.2) is 38.6 Å². The molecule has 0 fully saturated rings. The third-order valence-electron chi connectivity index (χ3n) is 2.36. The van der Waals surface area contributed by atoms with Crippen molar-refractivity contribution in [1.29, 1.82) is 0 Å². The summed E-state index contributed by atoms with van der Waals surface area (Å²) in [6, 6.07) is 5.90. The van der Waals surface area contributed by atoms with Crippen LogP contribution in [0.1, 0.15) is 5.56 Å². The van der Waals surface area contributed by atoms with Crippen molar-refractivity contribution in [2.75, 3.05) is 27.7 Å². The van der Waals surface area contributed by atoms with Gasteiger partial charge in [-0.1, -0.05) is 6.07 Å². The maximum atomic E-state index is 11.2. The number of halogens is 1. The average molecular weight is 301 g/mol. The number of carbonyl (C=O) groups excluding carboxylic acids is 1. The minimum Gasteiger partial charge on any atom is -0.496 e. The molecule has 0 radical (unpaired) electrons. The van der Waals surface area contributed by atoms with Gasteiger partial charge >= 0.3 is 0 Å². The van der Waals surface area contributed by atoms with Crippen LogP contribution in [0.4, 0.5) is 0 Å². The second-order valence-corrected chi connectivity index (χ2v) is 4.67. The summed E-state index contributed by atoms with van der Waals surface area (Å²) in [5.74, 6) is 0.822. The fourth-order valence-corrected chi connectivity index (χ4v) is 2.09. The van der Waals surface area contributed by atoms with Crippen LogP contribution in [-0.2, 0) is 11.3 Å². The second kappa shape index (κ2) is 6.61. The van der Waals surface area contributed by atoms with Crippen LogP contribution in [0, 0.1) is 0 Å². The summed E-state index contributed by atoms with van der Waals surface area (Å²) < 4.78 is 6.08. The Labute approximate surface area is 110 Å². The Bertz CT molecular complexity index is 396. The van der Waals surface area contributed by atoms with E-state index in [0.29, 0.717) is 6.54 Å². The fraction of sp³-hybridized carbons (Fsp3) is 0.417. The molecule has 0 unspecified atom stereocenters. The molecular weight excluding hydrogens is 284 g/mol. The number of hydrogen-bond donors (Lipinski definition) is 1. The lowest BCUT2D eigenvalue weighted by Crippen LogP contribution is -2.32. The van der Waals surface area contributed by atoms with Crippen LogP contribution in [0.5, 0.6) is 5.75 Å². The van der Waals surface area contributed by atoms with Gasteiger partial charge in [-0.2, -0.15) is 0 Å². The Morgan fingerprint density at radius 2 is 2.24 bits per heavy atom. The van der Waals surface area contributed by atoms with E-state index in [-0.39, 0.29) is 5.91 Å². The number of likely N-dealkylation sites (N-methyl/N-ethyl adjacent to an activating group) is 2. The van der Waals surface area contributed by atoms with Crippen LogP contribution < -0.4 is 10.1 Å². The Morgan fingerprint density at radius 3 is 2.76 bits per heavy atom. The zero-order chi connectivity index (χ0) is 12.8. The van der Waals surface area contributed by atoms with Gasteiger partial charge < -0.3 is 10.1 Å².